The van der Waals surface area contributed by atoms with E-state index in [0.29, 0.717) is 24.5 Å². The Kier molecular flexibility index (Phi) is 8.60. The quantitative estimate of drug-likeness (QED) is 0.317. The molecule has 1 amide bonds. The van der Waals surface area contributed by atoms with Crippen molar-refractivity contribution in [1.82, 2.24) is 24.7 Å². The molecular weight excluding hydrogens is 541 g/mol. The molecule has 2 unspecified atom stereocenters. The molecule has 8 heteroatoms. The number of halogens is 1. The van der Waals surface area contributed by atoms with Gasteiger partial charge in [-0.2, -0.15) is 0 Å². The molecule has 3 aliphatic rings. The number of fused-ring (bicyclic) bond motifs is 3. The average Bonchev–Trinajstić information content (AvgIpc) is 3.40. The maximum Gasteiger partial charge on any atom is 0.408 e. The summed E-state index contributed by atoms with van der Waals surface area (Å²) in [6, 6.07) is 18.4. The minimum atomic E-state index is -0.595. The van der Waals surface area contributed by atoms with E-state index in [1.54, 1.807) is 6.07 Å². The number of ether oxygens (including phenoxy) is 1. The lowest BCUT2D eigenvalue weighted by atomic mass is 9.94. The Labute approximate surface area is 255 Å². The number of alkyl carbamates (subject to hydrolysis) is 1. The normalized spacial score (nSPS) is 23.1. The molecule has 2 saturated heterocycles. The van der Waals surface area contributed by atoms with E-state index in [4.69, 9.17) is 9.72 Å². The van der Waals surface area contributed by atoms with Crippen LogP contribution in [0.15, 0.2) is 54.6 Å². The van der Waals surface area contributed by atoms with Gasteiger partial charge < -0.3 is 14.6 Å². The first kappa shape index (κ1) is 29.8. The predicted molar refractivity (Wildman–Crippen MR) is 166 cm³/mol. The molecule has 0 spiro atoms. The van der Waals surface area contributed by atoms with E-state index >= 15 is 0 Å². The van der Waals surface area contributed by atoms with Crippen molar-refractivity contribution in [3.8, 4) is 0 Å². The molecule has 7 nitrogen and oxygen atoms in total. The Morgan fingerprint density at radius 3 is 2.51 bits per heavy atom. The van der Waals surface area contributed by atoms with Crippen LogP contribution < -0.4 is 5.32 Å². The zero-order valence-electron chi connectivity index (χ0n) is 26.1. The first-order valence-electron chi connectivity index (χ1n) is 16.0. The van der Waals surface area contributed by atoms with Gasteiger partial charge in [-0.15, -0.1) is 0 Å². The molecule has 3 aliphatic heterocycles. The number of rotatable bonds is 8. The lowest BCUT2D eigenvalue weighted by Crippen LogP contribution is -2.45. The second-order valence-corrected chi connectivity index (χ2v) is 13.7. The van der Waals surface area contributed by atoms with Crippen molar-refractivity contribution in [3.05, 3.63) is 88.8 Å². The molecular formula is C35H46FN5O2. The molecule has 6 rings (SSSR count). The summed E-state index contributed by atoms with van der Waals surface area (Å²) in [6.45, 7) is 11.5. The van der Waals surface area contributed by atoms with Crippen LogP contribution in [0.1, 0.15) is 93.3 Å². The van der Waals surface area contributed by atoms with Gasteiger partial charge in [-0.1, -0.05) is 42.5 Å². The van der Waals surface area contributed by atoms with Gasteiger partial charge in [-0.05, 0) is 83.1 Å². The zero-order valence-corrected chi connectivity index (χ0v) is 26.1. The number of carbonyl (C=O) groups is 1. The Balaban J connectivity index is 1.11. The lowest BCUT2D eigenvalue weighted by Gasteiger charge is -2.41. The van der Waals surface area contributed by atoms with Crippen LogP contribution in [-0.4, -0.2) is 56.2 Å². The second kappa shape index (κ2) is 12.4. The first-order chi connectivity index (χ1) is 20.6. The maximum absolute atomic E-state index is 14.2. The number of benzene rings is 2. The molecule has 3 atom stereocenters. The highest BCUT2D eigenvalue weighted by Gasteiger charge is 2.42. The van der Waals surface area contributed by atoms with Crippen molar-refractivity contribution in [1.29, 1.82) is 0 Å². The van der Waals surface area contributed by atoms with Crippen LogP contribution in [0.2, 0.25) is 0 Å². The molecule has 0 saturated carbocycles. The molecule has 1 aromatic heterocycles. The molecule has 3 aromatic rings. The van der Waals surface area contributed by atoms with Crippen LogP contribution in [0.3, 0.4) is 0 Å². The van der Waals surface area contributed by atoms with Crippen molar-refractivity contribution in [2.45, 2.75) is 109 Å². The van der Waals surface area contributed by atoms with Crippen LogP contribution in [-0.2, 0) is 24.2 Å². The minimum absolute atomic E-state index is 0.295. The smallest absolute Gasteiger partial charge is 0.408 e. The highest BCUT2D eigenvalue weighted by Crippen LogP contribution is 2.43. The van der Waals surface area contributed by atoms with E-state index in [9.17, 15) is 9.18 Å². The number of piperidine rings is 1. The van der Waals surface area contributed by atoms with Crippen molar-refractivity contribution in [2.24, 2.45) is 0 Å². The number of imidazole rings is 1. The zero-order chi connectivity index (χ0) is 30.1. The fraction of sp³-hybridized carbons (Fsp3) is 0.543. The SMILES string of the molecule is Cc1nc2c(n1C1CC3CCC(C1)N3CC[C@H](NC(=O)OC(C)(C)C)c1cccc(F)c1)CCN(Cc1ccccc1)C2. The predicted octanol–water partition coefficient (Wildman–Crippen LogP) is 6.71. The fourth-order valence-electron chi connectivity index (χ4n) is 7.65. The van der Waals surface area contributed by atoms with Crippen LogP contribution in [0.4, 0.5) is 9.18 Å². The van der Waals surface area contributed by atoms with Gasteiger partial charge in [0.05, 0.1) is 11.7 Å². The van der Waals surface area contributed by atoms with Gasteiger partial charge in [-0.25, -0.2) is 14.2 Å². The van der Waals surface area contributed by atoms with Crippen LogP contribution in [0.5, 0.6) is 0 Å². The third-order valence-electron chi connectivity index (χ3n) is 9.40. The number of aryl methyl sites for hydroxylation is 1. The number of carbonyl (C=O) groups excluding carboxylic acids is 1. The van der Waals surface area contributed by atoms with Gasteiger partial charge in [0.1, 0.15) is 17.2 Å². The third kappa shape index (κ3) is 6.96. The van der Waals surface area contributed by atoms with E-state index < -0.39 is 11.7 Å². The standard InChI is InChI=1S/C35H46FN5O2/c1-24-37-32-23-39(22-25-9-6-5-7-10-25)17-16-33(32)41(24)30-20-28-13-14-29(21-30)40(28)18-15-31(26-11-8-12-27(36)19-26)38-34(42)43-35(2,3)4/h5-12,19,28-31H,13-18,20-23H2,1-4H3,(H,38,42)/t28?,29?,30?,31-/m0/s1. The highest BCUT2D eigenvalue weighted by molar-refractivity contribution is 5.68. The average molecular weight is 588 g/mol. The van der Waals surface area contributed by atoms with E-state index in [1.165, 1.54) is 41.9 Å². The molecule has 2 bridgehead atoms. The molecule has 0 aliphatic carbocycles. The van der Waals surface area contributed by atoms with Gasteiger partial charge in [0.25, 0.3) is 0 Å². The third-order valence-corrected chi connectivity index (χ3v) is 9.40. The topological polar surface area (TPSA) is 62.6 Å². The van der Waals surface area contributed by atoms with Crippen molar-refractivity contribution in [2.75, 3.05) is 13.1 Å². The Morgan fingerprint density at radius 1 is 1.07 bits per heavy atom. The van der Waals surface area contributed by atoms with E-state index in [-0.39, 0.29) is 11.9 Å². The van der Waals surface area contributed by atoms with Crippen LogP contribution in [0, 0.1) is 12.7 Å². The second-order valence-electron chi connectivity index (χ2n) is 13.7. The number of aromatic nitrogens is 2. The largest absolute Gasteiger partial charge is 0.444 e. The van der Waals surface area contributed by atoms with Gasteiger partial charge in [0.2, 0.25) is 0 Å². The summed E-state index contributed by atoms with van der Waals surface area (Å²) in [5, 5.41) is 3.03. The maximum atomic E-state index is 14.2. The molecule has 1 N–H and O–H groups in total. The summed E-state index contributed by atoms with van der Waals surface area (Å²) >= 11 is 0. The minimum Gasteiger partial charge on any atom is -0.444 e. The molecule has 2 fully saturated rings. The fourth-order valence-corrected chi connectivity index (χ4v) is 7.65. The summed E-state index contributed by atoms with van der Waals surface area (Å²) in [7, 11) is 0. The van der Waals surface area contributed by atoms with E-state index in [1.807, 2.05) is 26.8 Å². The summed E-state index contributed by atoms with van der Waals surface area (Å²) in [5.41, 5.74) is 4.22. The van der Waals surface area contributed by atoms with E-state index in [0.717, 1.165) is 56.8 Å². The van der Waals surface area contributed by atoms with Gasteiger partial charge in [-0.3, -0.25) is 9.80 Å². The molecule has 4 heterocycles. The van der Waals surface area contributed by atoms with Gasteiger partial charge >= 0.3 is 6.09 Å². The molecule has 2 aromatic carbocycles. The summed E-state index contributed by atoms with van der Waals surface area (Å²) < 4.78 is 22.3. The highest BCUT2D eigenvalue weighted by atomic mass is 19.1. The number of nitrogens with zero attached hydrogens (tertiary/aromatic N) is 4. The summed E-state index contributed by atoms with van der Waals surface area (Å²) in [4.78, 5) is 23.0. The van der Waals surface area contributed by atoms with Crippen LogP contribution >= 0.6 is 0 Å². The van der Waals surface area contributed by atoms with Crippen molar-refractivity contribution in [3.63, 3.8) is 0 Å². The van der Waals surface area contributed by atoms with E-state index in [2.05, 4.69) is 56.9 Å². The monoisotopic (exact) mass is 587 g/mol. The van der Waals surface area contributed by atoms with Crippen molar-refractivity contribution >= 4 is 6.09 Å². The van der Waals surface area contributed by atoms with Crippen LogP contribution in [0.25, 0.3) is 0 Å². The summed E-state index contributed by atoms with van der Waals surface area (Å²) in [5.74, 6) is 0.855. The van der Waals surface area contributed by atoms with Gasteiger partial charge in [0, 0.05) is 56.4 Å². The Morgan fingerprint density at radius 2 is 1.81 bits per heavy atom. The molecule has 230 valence electrons. The number of amides is 1. The first-order valence-corrected chi connectivity index (χ1v) is 16.0. The van der Waals surface area contributed by atoms with Gasteiger partial charge in [0.15, 0.2) is 0 Å². The Hall–Kier alpha value is -3.23. The number of hydrogen-bond donors (Lipinski definition) is 1. The summed E-state index contributed by atoms with van der Waals surface area (Å²) in [6.07, 6.45) is 5.93. The number of nitrogens with one attached hydrogen (secondary N) is 1. The molecule has 0 radical (unpaired) electrons. The number of hydrogen-bond acceptors (Lipinski definition) is 5. The Bertz CT molecular complexity index is 1400. The molecule has 43 heavy (non-hydrogen) atoms. The lowest BCUT2D eigenvalue weighted by molar-refractivity contribution is 0.0488. The van der Waals surface area contributed by atoms with Crippen molar-refractivity contribution < 1.29 is 13.9 Å².